The number of aromatic nitrogens is 2. The van der Waals surface area contributed by atoms with E-state index in [-0.39, 0.29) is 0 Å². The lowest BCUT2D eigenvalue weighted by molar-refractivity contribution is 0.235. The van der Waals surface area contributed by atoms with Gasteiger partial charge in [0.2, 0.25) is 0 Å². The highest BCUT2D eigenvalue weighted by Gasteiger charge is 2.23. The number of hydrogen-bond acceptors (Lipinski definition) is 4. The highest BCUT2D eigenvalue weighted by atomic mass is 16.5. The Labute approximate surface area is 159 Å². The number of nitrogens with zero attached hydrogens (tertiary/aromatic N) is 4. The molecule has 0 radical (unpaired) electrons. The van der Waals surface area contributed by atoms with Crippen molar-refractivity contribution in [1.82, 2.24) is 14.5 Å². The van der Waals surface area contributed by atoms with Crippen molar-refractivity contribution >= 4 is 0 Å². The molecule has 0 aliphatic carbocycles. The molecule has 5 heteroatoms. The molecule has 2 aromatic carbocycles. The average Bonchev–Trinajstić information content (AvgIpc) is 3.05. The molecule has 3 aromatic rings. The topological polar surface area (TPSA) is 54.1 Å². The zero-order valence-electron chi connectivity index (χ0n) is 15.6. The lowest BCUT2D eigenvalue weighted by atomic mass is 10.1. The van der Waals surface area contributed by atoms with Crippen LogP contribution in [0.25, 0.3) is 11.4 Å². The molecule has 136 valence electrons. The fourth-order valence-electron chi connectivity index (χ4n) is 3.70. The summed E-state index contributed by atoms with van der Waals surface area (Å²) in [6.07, 6.45) is 0.939. The van der Waals surface area contributed by atoms with Crippen molar-refractivity contribution < 1.29 is 4.74 Å². The number of ether oxygens (including phenoxy) is 1. The summed E-state index contributed by atoms with van der Waals surface area (Å²) in [6.45, 7) is 2.71. The average molecular weight is 358 g/mol. The van der Waals surface area contributed by atoms with Gasteiger partial charge in [-0.3, -0.25) is 4.90 Å². The summed E-state index contributed by atoms with van der Waals surface area (Å²) in [4.78, 5) is 7.31. The molecule has 4 rings (SSSR count). The molecular formula is C22H22N4O. The number of para-hydroxylation sites is 1. The van der Waals surface area contributed by atoms with Crippen LogP contribution in [0.5, 0.6) is 5.75 Å². The molecule has 1 aromatic heterocycles. The first-order valence-electron chi connectivity index (χ1n) is 9.09. The molecule has 0 bridgehead atoms. The molecule has 0 saturated heterocycles. The van der Waals surface area contributed by atoms with E-state index >= 15 is 0 Å². The third-order valence-electron chi connectivity index (χ3n) is 5.19. The monoisotopic (exact) mass is 358 g/mol. The third kappa shape index (κ3) is 3.32. The SMILES string of the molecule is COc1ccccc1CN1CCc2nc(-c3ccc(C#N)cc3)n(C)c2C1. The lowest BCUT2D eigenvalue weighted by Crippen LogP contribution is -2.31. The van der Waals surface area contributed by atoms with Crippen molar-refractivity contribution in [2.24, 2.45) is 7.05 Å². The van der Waals surface area contributed by atoms with Gasteiger partial charge in [-0.05, 0) is 30.3 Å². The molecule has 1 aliphatic heterocycles. The number of hydrogen-bond donors (Lipinski definition) is 0. The largest absolute Gasteiger partial charge is 0.496 e. The van der Waals surface area contributed by atoms with Crippen molar-refractivity contribution in [3.05, 3.63) is 71.0 Å². The maximum atomic E-state index is 8.99. The summed E-state index contributed by atoms with van der Waals surface area (Å²) in [6, 6.07) is 18.0. The first-order valence-corrected chi connectivity index (χ1v) is 9.09. The van der Waals surface area contributed by atoms with Crippen molar-refractivity contribution in [3.8, 4) is 23.2 Å². The van der Waals surface area contributed by atoms with Gasteiger partial charge in [-0.1, -0.05) is 18.2 Å². The molecule has 0 atom stereocenters. The van der Waals surface area contributed by atoms with Gasteiger partial charge in [0, 0.05) is 44.2 Å². The van der Waals surface area contributed by atoms with Gasteiger partial charge < -0.3 is 9.30 Å². The summed E-state index contributed by atoms with van der Waals surface area (Å²) >= 11 is 0. The minimum absolute atomic E-state index is 0.667. The maximum Gasteiger partial charge on any atom is 0.140 e. The Balaban J connectivity index is 1.58. The van der Waals surface area contributed by atoms with E-state index in [1.165, 1.54) is 17.0 Å². The Morgan fingerprint density at radius 2 is 1.93 bits per heavy atom. The predicted molar refractivity (Wildman–Crippen MR) is 104 cm³/mol. The van der Waals surface area contributed by atoms with Gasteiger partial charge in [0.25, 0.3) is 0 Å². The van der Waals surface area contributed by atoms with Crippen LogP contribution >= 0.6 is 0 Å². The number of imidazole rings is 1. The van der Waals surface area contributed by atoms with E-state index in [4.69, 9.17) is 15.0 Å². The molecule has 0 fully saturated rings. The van der Waals surface area contributed by atoms with Crippen LogP contribution in [-0.4, -0.2) is 28.1 Å². The molecule has 0 saturated carbocycles. The number of nitriles is 1. The summed E-state index contributed by atoms with van der Waals surface area (Å²) in [7, 11) is 3.80. The number of fused-ring (bicyclic) bond motifs is 1. The second-order valence-electron chi connectivity index (χ2n) is 6.85. The first kappa shape index (κ1) is 17.3. The minimum atomic E-state index is 0.667. The molecule has 0 spiro atoms. The first-order chi connectivity index (χ1) is 13.2. The van der Waals surface area contributed by atoms with Crippen LogP contribution in [0.3, 0.4) is 0 Å². The Bertz CT molecular complexity index is 998. The Kier molecular flexibility index (Phi) is 4.66. The smallest absolute Gasteiger partial charge is 0.140 e. The van der Waals surface area contributed by atoms with E-state index in [0.29, 0.717) is 5.56 Å². The molecule has 0 amide bonds. The molecule has 0 unspecified atom stereocenters. The Morgan fingerprint density at radius 3 is 2.67 bits per heavy atom. The Morgan fingerprint density at radius 1 is 1.15 bits per heavy atom. The van der Waals surface area contributed by atoms with E-state index < -0.39 is 0 Å². The second kappa shape index (κ2) is 7.26. The zero-order chi connectivity index (χ0) is 18.8. The normalized spacial score (nSPS) is 13.8. The van der Waals surface area contributed by atoms with E-state index in [1.807, 2.05) is 36.4 Å². The maximum absolute atomic E-state index is 8.99. The summed E-state index contributed by atoms with van der Waals surface area (Å²) in [5.41, 5.74) is 5.35. The van der Waals surface area contributed by atoms with E-state index in [2.05, 4.69) is 34.7 Å². The van der Waals surface area contributed by atoms with Crippen molar-refractivity contribution in [1.29, 1.82) is 5.26 Å². The minimum Gasteiger partial charge on any atom is -0.496 e. The van der Waals surface area contributed by atoms with Crippen LogP contribution in [-0.2, 0) is 26.6 Å². The van der Waals surface area contributed by atoms with E-state index in [9.17, 15) is 0 Å². The summed E-state index contributed by atoms with van der Waals surface area (Å²) in [5, 5.41) is 8.99. The van der Waals surface area contributed by atoms with Crippen molar-refractivity contribution in [2.45, 2.75) is 19.5 Å². The van der Waals surface area contributed by atoms with Gasteiger partial charge in [0.05, 0.1) is 30.1 Å². The quantitative estimate of drug-likeness (QED) is 0.716. The van der Waals surface area contributed by atoms with Gasteiger partial charge in [-0.2, -0.15) is 5.26 Å². The molecule has 5 nitrogen and oxygen atoms in total. The van der Waals surface area contributed by atoms with E-state index in [0.717, 1.165) is 43.2 Å². The zero-order valence-corrected chi connectivity index (χ0v) is 15.6. The van der Waals surface area contributed by atoms with Gasteiger partial charge in [-0.15, -0.1) is 0 Å². The third-order valence-corrected chi connectivity index (χ3v) is 5.19. The molecular weight excluding hydrogens is 336 g/mol. The molecule has 1 aliphatic rings. The highest BCUT2D eigenvalue weighted by Crippen LogP contribution is 2.28. The van der Waals surface area contributed by atoms with Gasteiger partial charge in [-0.25, -0.2) is 4.98 Å². The van der Waals surface area contributed by atoms with E-state index in [1.54, 1.807) is 7.11 Å². The molecule has 27 heavy (non-hydrogen) atoms. The number of benzene rings is 2. The fraction of sp³-hybridized carbons (Fsp3) is 0.273. The van der Waals surface area contributed by atoms with Crippen LogP contribution in [0, 0.1) is 11.3 Å². The second-order valence-corrected chi connectivity index (χ2v) is 6.85. The standard InChI is InChI=1S/C22H22N4O/c1-25-20-15-26(14-18-5-3-4-6-21(18)27-2)12-11-19(20)24-22(25)17-9-7-16(13-23)8-10-17/h3-10H,11-12,14-15H2,1-2H3. The molecule has 2 heterocycles. The van der Waals surface area contributed by atoms with Crippen LogP contribution in [0.15, 0.2) is 48.5 Å². The van der Waals surface area contributed by atoms with Crippen LogP contribution in [0.2, 0.25) is 0 Å². The fourth-order valence-corrected chi connectivity index (χ4v) is 3.70. The van der Waals surface area contributed by atoms with Gasteiger partial charge in [0.15, 0.2) is 0 Å². The highest BCUT2D eigenvalue weighted by molar-refractivity contribution is 5.58. The van der Waals surface area contributed by atoms with Crippen LogP contribution in [0.1, 0.15) is 22.5 Å². The van der Waals surface area contributed by atoms with Crippen molar-refractivity contribution in [3.63, 3.8) is 0 Å². The van der Waals surface area contributed by atoms with Crippen LogP contribution in [0.4, 0.5) is 0 Å². The van der Waals surface area contributed by atoms with Crippen molar-refractivity contribution in [2.75, 3.05) is 13.7 Å². The van der Waals surface area contributed by atoms with Gasteiger partial charge in [0.1, 0.15) is 11.6 Å². The van der Waals surface area contributed by atoms with Crippen LogP contribution < -0.4 is 4.74 Å². The summed E-state index contributed by atoms with van der Waals surface area (Å²) in [5.74, 6) is 1.90. The number of methoxy groups -OCH3 is 1. The van der Waals surface area contributed by atoms with Gasteiger partial charge >= 0.3 is 0 Å². The molecule has 0 N–H and O–H groups in total. The lowest BCUT2D eigenvalue weighted by Gasteiger charge is -2.27. The predicted octanol–water partition coefficient (Wildman–Crippen LogP) is 3.53. The summed E-state index contributed by atoms with van der Waals surface area (Å²) < 4.78 is 7.68. The Hall–Kier alpha value is -3.10. The number of rotatable bonds is 4.